The van der Waals surface area contributed by atoms with E-state index in [2.05, 4.69) is 9.40 Å². The van der Waals surface area contributed by atoms with Crippen LogP contribution in [-0.2, 0) is 0 Å². The summed E-state index contributed by atoms with van der Waals surface area (Å²) in [6.07, 6.45) is 0. The maximum Gasteiger partial charge on any atom is 0.293 e. The summed E-state index contributed by atoms with van der Waals surface area (Å²) in [6, 6.07) is 2.10. The minimum absolute atomic E-state index is 0. The second kappa shape index (κ2) is 3.18. The van der Waals surface area contributed by atoms with Crippen molar-refractivity contribution >= 4 is 29.5 Å². The predicted octanol–water partition coefficient (Wildman–Crippen LogP) is 2.11. The maximum absolute atomic E-state index is 12.8. The Morgan fingerprint density at radius 1 is 1.31 bits per heavy atom. The summed E-state index contributed by atoms with van der Waals surface area (Å²) in [4.78, 5) is 3.62. The molecule has 0 spiro atoms. The van der Waals surface area contributed by atoms with Crippen molar-refractivity contribution in [2.45, 2.75) is 0 Å². The van der Waals surface area contributed by atoms with Crippen molar-refractivity contribution in [1.29, 1.82) is 0 Å². The molecular weight excluding hydrogens is 202 g/mol. The second-order valence-electron chi connectivity index (χ2n) is 2.26. The Morgan fingerprint density at radius 3 is 2.69 bits per heavy atom. The van der Waals surface area contributed by atoms with Crippen molar-refractivity contribution in [3.8, 4) is 0 Å². The topological polar surface area (TPSA) is 52.0 Å². The summed E-state index contributed by atoms with van der Waals surface area (Å²) in [5.41, 5.74) is 5.11. The van der Waals surface area contributed by atoms with Gasteiger partial charge in [0.05, 0.1) is 0 Å². The normalized spacial score (nSPS) is 10.0. The van der Waals surface area contributed by atoms with Gasteiger partial charge in [0.25, 0.3) is 6.01 Å². The summed E-state index contributed by atoms with van der Waals surface area (Å²) >= 11 is 0. The van der Waals surface area contributed by atoms with Crippen LogP contribution in [-0.4, -0.2) is 4.98 Å². The first-order valence-electron chi connectivity index (χ1n) is 3.18. The van der Waals surface area contributed by atoms with Gasteiger partial charge in [0, 0.05) is 0 Å². The van der Waals surface area contributed by atoms with Crippen LogP contribution in [0.5, 0.6) is 0 Å². The molecule has 0 bridgehead atoms. The monoisotopic (exact) mass is 206 g/mol. The molecule has 0 aliphatic rings. The zero-order valence-electron chi connectivity index (χ0n) is 6.25. The van der Waals surface area contributed by atoms with Gasteiger partial charge in [-0.25, -0.2) is 4.39 Å². The number of aromatic nitrogens is 1. The van der Waals surface area contributed by atoms with Gasteiger partial charge in [-0.15, -0.1) is 12.4 Å². The number of rotatable bonds is 0. The lowest BCUT2D eigenvalue weighted by molar-refractivity contribution is 0.494. The van der Waals surface area contributed by atoms with Gasteiger partial charge in [0.15, 0.2) is 11.4 Å². The Bertz CT molecular complexity index is 443. The van der Waals surface area contributed by atoms with Crippen LogP contribution in [0.2, 0.25) is 0 Å². The second-order valence-corrected chi connectivity index (χ2v) is 2.26. The predicted molar refractivity (Wildman–Crippen MR) is 45.6 cm³/mol. The van der Waals surface area contributed by atoms with Crippen molar-refractivity contribution in [2.75, 3.05) is 5.73 Å². The molecule has 1 aromatic carbocycles. The van der Waals surface area contributed by atoms with Crippen molar-refractivity contribution in [1.82, 2.24) is 4.98 Å². The van der Waals surface area contributed by atoms with Crippen LogP contribution >= 0.6 is 12.4 Å². The van der Waals surface area contributed by atoms with Crippen molar-refractivity contribution in [3.63, 3.8) is 0 Å². The van der Waals surface area contributed by atoms with Gasteiger partial charge in [0.2, 0.25) is 5.82 Å². The van der Waals surface area contributed by atoms with E-state index in [1.807, 2.05) is 0 Å². The van der Waals surface area contributed by atoms with Gasteiger partial charge < -0.3 is 10.2 Å². The van der Waals surface area contributed by atoms with Gasteiger partial charge in [-0.2, -0.15) is 9.37 Å². The molecule has 1 heterocycles. The van der Waals surface area contributed by atoms with Crippen LogP contribution in [0.15, 0.2) is 16.5 Å². The van der Waals surface area contributed by atoms with E-state index in [1.54, 1.807) is 0 Å². The van der Waals surface area contributed by atoms with Gasteiger partial charge in [-0.1, -0.05) is 0 Å². The third kappa shape index (κ3) is 1.42. The number of oxazole rings is 1. The molecule has 0 atom stereocenters. The number of benzene rings is 1. The number of hydrogen-bond acceptors (Lipinski definition) is 3. The number of anilines is 1. The van der Waals surface area contributed by atoms with E-state index in [0.717, 1.165) is 6.07 Å². The number of fused-ring (bicyclic) bond motifs is 1. The SMILES string of the molecule is Cl.Nc1nc2ccc(F)c(F)c2o1. The molecule has 3 nitrogen and oxygen atoms in total. The van der Waals surface area contributed by atoms with Crippen LogP contribution in [0.1, 0.15) is 0 Å². The zero-order valence-corrected chi connectivity index (χ0v) is 7.07. The third-order valence-electron chi connectivity index (χ3n) is 1.47. The Kier molecular flexibility index (Phi) is 2.38. The van der Waals surface area contributed by atoms with E-state index >= 15 is 0 Å². The van der Waals surface area contributed by atoms with Crippen LogP contribution in [0.3, 0.4) is 0 Å². The lowest BCUT2D eigenvalue weighted by Gasteiger charge is -1.89. The number of nitrogen functional groups attached to an aromatic ring is 1. The summed E-state index contributed by atoms with van der Waals surface area (Å²) < 4.78 is 30.0. The molecule has 0 aliphatic carbocycles. The first-order chi connectivity index (χ1) is 5.68. The molecule has 0 saturated heterocycles. The number of nitrogens with two attached hydrogens (primary N) is 1. The molecule has 2 N–H and O–H groups in total. The Labute approximate surface area is 78.0 Å². The summed E-state index contributed by atoms with van der Waals surface area (Å²) in [6.45, 7) is 0. The molecule has 0 aliphatic heterocycles. The highest BCUT2D eigenvalue weighted by Crippen LogP contribution is 2.21. The Morgan fingerprint density at radius 2 is 2.00 bits per heavy atom. The molecule has 0 unspecified atom stereocenters. The highest BCUT2D eigenvalue weighted by atomic mass is 35.5. The molecule has 13 heavy (non-hydrogen) atoms. The third-order valence-corrected chi connectivity index (χ3v) is 1.47. The van der Waals surface area contributed by atoms with Crippen LogP contribution in [0.4, 0.5) is 14.8 Å². The summed E-state index contributed by atoms with van der Waals surface area (Å²) in [5, 5.41) is 0. The molecule has 0 amide bonds. The van der Waals surface area contributed by atoms with Crippen molar-refractivity contribution < 1.29 is 13.2 Å². The first kappa shape index (κ1) is 9.73. The largest absolute Gasteiger partial charge is 0.420 e. The molecule has 70 valence electrons. The van der Waals surface area contributed by atoms with E-state index < -0.39 is 11.6 Å². The van der Waals surface area contributed by atoms with Crippen molar-refractivity contribution in [3.05, 3.63) is 23.8 Å². The molecule has 2 rings (SSSR count). The quantitative estimate of drug-likeness (QED) is 0.718. The van der Waals surface area contributed by atoms with Crippen LogP contribution in [0.25, 0.3) is 11.1 Å². The average molecular weight is 207 g/mol. The van der Waals surface area contributed by atoms with E-state index in [4.69, 9.17) is 5.73 Å². The van der Waals surface area contributed by atoms with Gasteiger partial charge in [0.1, 0.15) is 5.52 Å². The number of hydrogen-bond donors (Lipinski definition) is 1. The van der Waals surface area contributed by atoms with E-state index in [9.17, 15) is 8.78 Å². The number of nitrogens with zero attached hydrogens (tertiary/aromatic N) is 1. The Balaban J connectivity index is 0.000000845. The van der Waals surface area contributed by atoms with Gasteiger partial charge in [-0.05, 0) is 12.1 Å². The molecule has 6 heteroatoms. The first-order valence-corrected chi connectivity index (χ1v) is 3.18. The van der Waals surface area contributed by atoms with Crippen molar-refractivity contribution in [2.24, 2.45) is 0 Å². The minimum Gasteiger partial charge on any atom is -0.420 e. The van der Waals surface area contributed by atoms with E-state index in [1.165, 1.54) is 6.07 Å². The van der Waals surface area contributed by atoms with Crippen LogP contribution < -0.4 is 5.73 Å². The van der Waals surface area contributed by atoms with Crippen LogP contribution in [0, 0.1) is 11.6 Å². The smallest absolute Gasteiger partial charge is 0.293 e. The minimum atomic E-state index is -1.06. The highest BCUT2D eigenvalue weighted by Gasteiger charge is 2.12. The molecular formula is C7H5ClF2N2O. The Hall–Kier alpha value is -1.36. The summed E-state index contributed by atoms with van der Waals surface area (Å²) in [7, 11) is 0. The molecule has 0 saturated carbocycles. The molecule has 1 aromatic heterocycles. The lowest BCUT2D eigenvalue weighted by atomic mass is 10.3. The fourth-order valence-corrected chi connectivity index (χ4v) is 0.953. The van der Waals surface area contributed by atoms with E-state index in [-0.39, 0.29) is 29.5 Å². The summed E-state index contributed by atoms with van der Waals surface area (Å²) in [5.74, 6) is -2.03. The average Bonchev–Trinajstić information content (AvgIpc) is 2.39. The highest BCUT2D eigenvalue weighted by molar-refractivity contribution is 5.85. The van der Waals surface area contributed by atoms with Gasteiger partial charge in [-0.3, -0.25) is 0 Å². The molecule has 2 aromatic rings. The van der Waals surface area contributed by atoms with E-state index in [0.29, 0.717) is 0 Å². The standard InChI is InChI=1S/C7H4F2N2O.ClH/c8-3-1-2-4-6(5(3)9)12-7(10)11-4;/h1-2H,(H2,10,11);1H. The molecule has 0 radical (unpaired) electrons. The fraction of sp³-hybridized carbons (Fsp3) is 0. The lowest BCUT2D eigenvalue weighted by Crippen LogP contribution is -1.82. The fourth-order valence-electron chi connectivity index (χ4n) is 0.953. The van der Waals surface area contributed by atoms with Gasteiger partial charge >= 0.3 is 0 Å². The maximum atomic E-state index is 12.8. The number of halogens is 3. The zero-order chi connectivity index (χ0) is 8.72. The molecule has 0 fully saturated rings.